The van der Waals surface area contributed by atoms with Crippen molar-refractivity contribution in [2.45, 2.75) is 19.8 Å². The fourth-order valence-electron chi connectivity index (χ4n) is 2.69. The van der Waals surface area contributed by atoms with Gasteiger partial charge in [-0.2, -0.15) is 0 Å². The lowest BCUT2D eigenvalue weighted by Gasteiger charge is -2.08. The quantitative estimate of drug-likeness (QED) is 0.703. The summed E-state index contributed by atoms with van der Waals surface area (Å²) in [6.45, 7) is 1.54. The second-order valence-corrected chi connectivity index (χ2v) is 6.46. The van der Waals surface area contributed by atoms with Gasteiger partial charge in [-0.25, -0.2) is 18.3 Å². The number of aromatic amines is 1. The van der Waals surface area contributed by atoms with E-state index in [1.807, 2.05) is 0 Å². The molecule has 0 saturated heterocycles. The van der Waals surface area contributed by atoms with Crippen LogP contribution in [0.25, 0.3) is 5.65 Å². The normalized spacial score (nSPS) is 11.5. The number of rotatable bonds is 4. The number of fused-ring (bicyclic) bond motifs is 1. The minimum Gasteiger partial charge on any atom is -0.365 e. The van der Waals surface area contributed by atoms with Crippen molar-refractivity contribution in [1.29, 1.82) is 0 Å². The monoisotopic (exact) mass is 400 g/mol. The molecule has 2 aromatic heterocycles. The van der Waals surface area contributed by atoms with E-state index in [-0.39, 0.29) is 23.3 Å². The van der Waals surface area contributed by atoms with Crippen molar-refractivity contribution in [3.8, 4) is 0 Å². The molecule has 0 radical (unpaired) electrons. The lowest BCUT2D eigenvalue weighted by atomic mass is 10.0. The van der Waals surface area contributed by atoms with Crippen LogP contribution in [0.5, 0.6) is 0 Å². The highest BCUT2D eigenvalue weighted by Crippen LogP contribution is 2.26. The van der Waals surface area contributed by atoms with Gasteiger partial charge in [0.25, 0.3) is 17.9 Å². The Morgan fingerprint density at radius 1 is 1.38 bits per heavy atom. The predicted molar refractivity (Wildman–Crippen MR) is 93.3 cm³/mol. The summed E-state index contributed by atoms with van der Waals surface area (Å²) in [4.78, 5) is 28.5. The van der Waals surface area contributed by atoms with E-state index in [9.17, 15) is 18.4 Å². The first-order chi connectivity index (χ1) is 12.2. The van der Waals surface area contributed by atoms with Gasteiger partial charge in [-0.15, -0.1) is 0 Å². The number of nitrogens with one attached hydrogen (secondary N) is 1. The highest BCUT2D eigenvalue weighted by Gasteiger charge is 2.26. The Balaban J connectivity index is 2.22. The van der Waals surface area contributed by atoms with E-state index in [4.69, 9.17) is 28.9 Å². The van der Waals surface area contributed by atoms with Crippen molar-refractivity contribution in [2.24, 2.45) is 5.73 Å². The maximum absolute atomic E-state index is 13.2. The first-order valence-corrected chi connectivity index (χ1v) is 8.12. The third kappa shape index (κ3) is 3.06. The number of aromatic nitrogens is 3. The van der Waals surface area contributed by atoms with E-state index in [1.165, 1.54) is 6.07 Å². The number of nitrogens with zero attached hydrogens (tertiary/aromatic N) is 2. The topological polar surface area (TPSA) is 93.2 Å². The molecule has 10 heteroatoms. The largest absolute Gasteiger partial charge is 0.365 e. The molecule has 0 aliphatic heterocycles. The maximum atomic E-state index is 13.2. The molecule has 0 bridgehead atoms. The van der Waals surface area contributed by atoms with Crippen LogP contribution in [0.1, 0.15) is 39.3 Å². The molecule has 0 aliphatic carbocycles. The van der Waals surface area contributed by atoms with Crippen molar-refractivity contribution < 1.29 is 13.6 Å². The number of halogens is 4. The second-order valence-electron chi connectivity index (χ2n) is 5.62. The van der Waals surface area contributed by atoms with Crippen LogP contribution >= 0.6 is 23.2 Å². The Morgan fingerprint density at radius 2 is 2.08 bits per heavy atom. The molecule has 0 saturated carbocycles. The molecule has 0 unspecified atom stereocenters. The summed E-state index contributed by atoms with van der Waals surface area (Å²) in [6.07, 6.45) is -2.90. The smallest absolute Gasteiger partial charge is 0.280 e. The number of primary amides is 1. The lowest BCUT2D eigenvalue weighted by Crippen LogP contribution is -2.23. The Morgan fingerprint density at radius 3 is 2.65 bits per heavy atom. The van der Waals surface area contributed by atoms with Crippen molar-refractivity contribution in [3.05, 3.63) is 66.7 Å². The summed E-state index contributed by atoms with van der Waals surface area (Å²) >= 11 is 12.0. The second kappa shape index (κ2) is 6.69. The highest BCUT2D eigenvalue weighted by molar-refractivity contribution is 6.35. The number of carbonyl (C=O) groups is 1. The summed E-state index contributed by atoms with van der Waals surface area (Å²) in [5, 5.41) is 3.03. The number of amides is 1. The lowest BCUT2D eigenvalue weighted by molar-refractivity contribution is 0.0986. The van der Waals surface area contributed by atoms with Crippen LogP contribution in [-0.4, -0.2) is 20.5 Å². The Kier molecular flexibility index (Phi) is 4.72. The zero-order chi connectivity index (χ0) is 19.2. The van der Waals surface area contributed by atoms with Crippen LogP contribution in [0.4, 0.5) is 8.78 Å². The minimum atomic E-state index is -3.02. The van der Waals surface area contributed by atoms with Crippen LogP contribution < -0.4 is 11.3 Å². The summed E-state index contributed by atoms with van der Waals surface area (Å²) in [7, 11) is 0. The molecular formula is C16H12Cl2F2N4O2. The fraction of sp³-hybridized carbons (Fsp3) is 0.188. The van der Waals surface area contributed by atoms with Crippen LogP contribution in [0.3, 0.4) is 0 Å². The van der Waals surface area contributed by atoms with Crippen LogP contribution in [0.2, 0.25) is 10.0 Å². The fourth-order valence-corrected chi connectivity index (χ4v) is 3.17. The van der Waals surface area contributed by atoms with Gasteiger partial charge in [0.05, 0.1) is 0 Å². The third-order valence-electron chi connectivity index (χ3n) is 3.96. The number of alkyl halides is 2. The summed E-state index contributed by atoms with van der Waals surface area (Å²) in [5.41, 5.74) is 4.22. The molecular weight excluding hydrogens is 389 g/mol. The molecule has 26 heavy (non-hydrogen) atoms. The number of carbonyl (C=O) groups excluding carboxylic acids is 1. The number of H-pyrrole nitrogens is 1. The van der Waals surface area contributed by atoms with Crippen molar-refractivity contribution in [2.75, 3.05) is 0 Å². The first-order valence-electron chi connectivity index (χ1n) is 7.36. The molecule has 0 spiro atoms. The molecule has 136 valence electrons. The molecule has 1 aromatic carbocycles. The average Bonchev–Trinajstić information content (AvgIpc) is 2.93. The number of nitrogens with two attached hydrogens (primary N) is 1. The van der Waals surface area contributed by atoms with Gasteiger partial charge in [0.2, 0.25) is 0 Å². The molecule has 6 nitrogen and oxygen atoms in total. The number of hydrogen-bond acceptors (Lipinski definition) is 3. The van der Waals surface area contributed by atoms with E-state index in [1.54, 1.807) is 19.1 Å². The van der Waals surface area contributed by atoms with Gasteiger partial charge in [0, 0.05) is 27.7 Å². The van der Waals surface area contributed by atoms with E-state index >= 15 is 0 Å². The Hall–Kier alpha value is -2.45. The van der Waals surface area contributed by atoms with Crippen molar-refractivity contribution in [1.82, 2.24) is 14.6 Å². The van der Waals surface area contributed by atoms with Crippen molar-refractivity contribution in [3.63, 3.8) is 0 Å². The van der Waals surface area contributed by atoms with Gasteiger partial charge >= 0.3 is 0 Å². The van der Waals surface area contributed by atoms with Gasteiger partial charge in [-0.3, -0.25) is 14.7 Å². The average molecular weight is 401 g/mol. The van der Waals surface area contributed by atoms with Crippen LogP contribution in [0.15, 0.2) is 23.0 Å². The van der Waals surface area contributed by atoms with Crippen molar-refractivity contribution >= 4 is 34.8 Å². The SMILES string of the molecule is Cc1nc2c(C(N)=O)c(C(F)F)[nH]n2c(=O)c1Cc1ccc(Cl)cc1Cl. The molecule has 3 aromatic rings. The zero-order valence-electron chi connectivity index (χ0n) is 13.3. The first kappa shape index (κ1) is 18.3. The highest BCUT2D eigenvalue weighted by atomic mass is 35.5. The van der Waals surface area contributed by atoms with E-state index < -0.39 is 29.1 Å². The van der Waals surface area contributed by atoms with E-state index in [0.29, 0.717) is 15.6 Å². The molecule has 3 N–H and O–H groups in total. The Labute approximate surface area is 155 Å². The number of hydrogen-bond donors (Lipinski definition) is 2. The molecule has 0 aliphatic rings. The number of benzene rings is 1. The van der Waals surface area contributed by atoms with Gasteiger partial charge in [0.1, 0.15) is 11.3 Å². The summed E-state index contributed by atoms with van der Waals surface area (Å²) < 4.78 is 27.2. The van der Waals surface area contributed by atoms with Crippen LogP contribution in [-0.2, 0) is 6.42 Å². The third-order valence-corrected chi connectivity index (χ3v) is 4.54. The van der Waals surface area contributed by atoms with E-state index in [2.05, 4.69) is 10.1 Å². The van der Waals surface area contributed by atoms with Gasteiger partial charge < -0.3 is 5.73 Å². The van der Waals surface area contributed by atoms with Crippen LogP contribution in [0, 0.1) is 6.92 Å². The van der Waals surface area contributed by atoms with E-state index in [0.717, 1.165) is 4.52 Å². The molecule has 0 atom stereocenters. The van der Waals surface area contributed by atoms with Gasteiger partial charge in [-0.05, 0) is 24.6 Å². The minimum absolute atomic E-state index is 0.117. The number of aryl methyl sites for hydroxylation is 1. The predicted octanol–water partition coefficient (Wildman–Crippen LogP) is 3.27. The molecule has 2 heterocycles. The van der Waals surface area contributed by atoms with Gasteiger partial charge in [-0.1, -0.05) is 29.3 Å². The zero-order valence-corrected chi connectivity index (χ0v) is 14.8. The molecule has 1 amide bonds. The maximum Gasteiger partial charge on any atom is 0.280 e. The standard InChI is InChI=1S/C16H12Cl2F2N4O2/c1-6-9(4-7-2-3-8(17)5-10(7)18)16(26)24-15(22-6)11(14(21)25)12(23-24)13(19)20/h2-3,5,13,23H,4H2,1H3,(H2,21,25). The summed E-state index contributed by atoms with van der Waals surface area (Å²) in [6, 6.07) is 4.81. The molecule has 0 fully saturated rings. The molecule has 3 rings (SSSR count). The van der Waals surface area contributed by atoms with Gasteiger partial charge in [0.15, 0.2) is 5.65 Å². The summed E-state index contributed by atoms with van der Waals surface area (Å²) in [5.74, 6) is -1.10. The Bertz CT molecular complexity index is 1090.